The van der Waals surface area contributed by atoms with Gasteiger partial charge in [-0.05, 0) is 36.8 Å². The van der Waals surface area contributed by atoms with Crippen LogP contribution in [0.25, 0.3) is 6.08 Å². The van der Waals surface area contributed by atoms with E-state index in [2.05, 4.69) is 10.6 Å². The minimum atomic E-state index is -0.283. The summed E-state index contributed by atoms with van der Waals surface area (Å²) in [6.45, 7) is 3.43. The number of ether oxygens (including phenoxy) is 1. The fourth-order valence-electron chi connectivity index (χ4n) is 2.11. The highest BCUT2D eigenvalue weighted by Crippen LogP contribution is 2.27. The maximum Gasteiger partial charge on any atom is 0.248 e. The fraction of sp³-hybridized carbons (Fsp3) is 0.158. The number of carbonyl (C=O) groups excluding carboxylic acids is 2. The van der Waals surface area contributed by atoms with Gasteiger partial charge in [0.05, 0.1) is 12.8 Å². The number of carbonyl (C=O) groups is 2. The van der Waals surface area contributed by atoms with Crippen LogP contribution < -0.4 is 15.4 Å². The first-order valence-corrected chi connectivity index (χ1v) is 7.49. The number of amides is 2. The predicted molar refractivity (Wildman–Crippen MR) is 96.1 cm³/mol. The third-order valence-electron chi connectivity index (χ3n) is 3.28. The van der Waals surface area contributed by atoms with Crippen LogP contribution in [0.3, 0.4) is 0 Å². The second kappa shape index (κ2) is 7.97. The van der Waals surface area contributed by atoms with Crippen molar-refractivity contribution in [2.24, 2.45) is 0 Å². The number of benzene rings is 2. The summed E-state index contributed by atoms with van der Waals surface area (Å²) in [5, 5.41) is 5.42. The number of nitrogens with one attached hydrogen (secondary N) is 2. The smallest absolute Gasteiger partial charge is 0.248 e. The number of hydrogen-bond donors (Lipinski definition) is 2. The van der Waals surface area contributed by atoms with Gasteiger partial charge in [-0.3, -0.25) is 9.59 Å². The SMILES string of the molecule is COc1ccc(NC(C)=O)cc1NC(=O)C=Cc1ccc(C)cc1. The van der Waals surface area contributed by atoms with Gasteiger partial charge < -0.3 is 15.4 Å². The Balaban J connectivity index is 2.12. The quantitative estimate of drug-likeness (QED) is 0.826. The van der Waals surface area contributed by atoms with Crippen LogP contribution >= 0.6 is 0 Å². The molecule has 2 N–H and O–H groups in total. The molecule has 2 rings (SSSR count). The summed E-state index contributed by atoms with van der Waals surface area (Å²) in [5.74, 6) is 0.0479. The number of hydrogen-bond acceptors (Lipinski definition) is 3. The van der Waals surface area contributed by atoms with E-state index in [-0.39, 0.29) is 11.8 Å². The van der Waals surface area contributed by atoms with Crippen molar-refractivity contribution >= 4 is 29.3 Å². The minimum absolute atomic E-state index is 0.184. The molecular weight excluding hydrogens is 304 g/mol. The van der Waals surface area contributed by atoms with Crippen LogP contribution in [-0.2, 0) is 9.59 Å². The Hall–Kier alpha value is -3.08. The first-order valence-electron chi connectivity index (χ1n) is 7.49. The molecule has 0 unspecified atom stereocenters. The normalized spacial score (nSPS) is 10.5. The van der Waals surface area contributed by atoms with E-state index in [1.165, 1.54) is 20.1 Å². The molecule has 2 amide bonds. The molecule has 0 radical (unpaired) electrons. The van der Waals surface area contributed by atoms with Crippen molar-refractivity contribution in [3.05, 3.63) is 59.7 Å². The summed E-state index contributed by atoms with van der Waals surface area (Å²) in [5.41, 5.74) is 3.18. The minimum Gasteiger partial charge on any atom is -0.495 e. The Morgan fingerprint density at radius 1 is 1.04 bits per heavy atom. The molecule has 0 saturated carbocycles. The maximum atomic E-state index is 12.1. The molecule has 0 bridgehead atoms. The van der Waals surface area contributed by atoms with Gasteiger partial charge in [0.2, 0.25) is 11.8 Å². The van der Waals surface area contributed by atoms with Crippen LogP contribution in [0, 0.1) is 6.92 Å². The second-order valence-corrected chi connectivity index (χ2v) is 5.33. The van der Waals surface area contributed by atoms with Gasteiger partial charge in [0, 0.05) is 18.7 Å². The van der Waals surface area contributed by atoms with Gasteiger partial charge in [-0.25, -0.2) is 0 Å². The first-order chi connectivity index (χ1) is 11.5. The third-order valence-corrected chi connectivity index (χ3v) is 3.28. The number of anilines is 2. The summed E-state index contributed by atoms with van der Waals surface area (Å²) >= 11 is 0. The number of methoxy groups -OCH3 is 1. The van der Waals surface area contributed by atoms with E-state index < -0.39 is 0 Å². The van der Waals surface area contributed by atoms with E-state index in [9.17, 15) is 9.59 Å². The molecule has 0 fully saturated rings. The summed E-state index contributed by atoms with van der Waals surface area (Å²) in [6, 6.07) is 12.9. The molecule has 2 aromatic carbocycles. The molecule has 2 aromatic rings. The van der Waals surface area contributed by atoms with Crippen LogP contribution in [0.15, 0.2) is 48.5 Å². The third kappa shape index (κ3) is 4.98. The van der Waals surface area contributed by atoms with Crippen molar-refractivity contribution in [3.8, 4) is 5.75 Å². The van der Waals surface area contributed by atoms with Crippen LogP contribution in [0.4, 0.5) is 11.4 Å². The molecule has 24 heavy (non-hydrogen) atoms. The monoisotopic (exact) mass is 324 g/mol. The molecule has 0 aromatic heterocycles. The molecule has 5 heteroatoms. The van der Waals surface area contributed by atoms with Gasteiger partial charge in [0.25, 0.3) is 0 Å². The molecule has 5 nitrogen and oxygen atoms in total. The van der Waals surface area contributed by atoms with Gasteiger partial charge in [-0.15, -0.1) is 0 Å². The zero-order valence-electron chi connectivity index (χ0n) is 13.9. The molecule has 0 atom stereocenters. The highest BCUT2D eigenvalue weighted by Gasteiger charge is 2.07. The van der Waals surface area contributed by atoms with Crippen molar-refractivity contribution < 1.29 is 14.3 Å². The van der Waals surface area contributed by atoms with Crippen molar-refractivity contribution in [3.63, 3.8) is 0 Å². The van der Waals surface area contributed by atoms with Crippen molar-refractivity contribution in [2.45, 2.75) is 13.8 Å². The summed E-state index contributed by atoms with van der Waals surface area (Å²) < 4.78 is 5.23. The molecule has 0 saturated heterocycles. The van der Waals surface area contributed by atoms with E-state index in [4.69, 9.17) is 4.74 Å². The summed E-state index contributed by atoms with van der Waals surface area (Å²) in [7, 11) is 1.52. The lowest BCUT2D eigenvalue weighted by atomic mass is 10.1. The Morgan fingerprint density at radius 3 is 2.38 bits per heavy atom. The maximum absolute atomic E-state index is 12.1. The lowest BCUT2D eigenvalue weighted by Gasteiger charge is -2.11. The van der Waals surface area contributed by atoms with E-state index in [0.29, 0.717) is 17.1 Å². The average molecular weight is 324 g/mol. The molecule has 0 aliphatic carbocycles. The van der Waals surface area contributed by atoms with Crippen LogP contribution in [0.1, 0.15) is 18.1 Å². The molecule has 0 aliphatic rings. The number of aryl methyl sites for hydroxylation is 1. The van der Waals surface area contributed by atoms with E-state index in [1.807, 2.05) is 31.2 Å². The van der Waals surface area contributed by atoms with Gasteiger partial charge in [0.15, 0.2) is 0 Å². The Morgan fingerprint density at radius 2 is 1.75 bits per heavy atom. The van der Waals surface area contributed by atoms with Crippen LogP contribution in [0.5, 0.6) is 5.75 Å². The van der Waals surface area contributed by atoms with Crippen molar-refractivity contribution in [2.75, 3.05) is 17.7 Å². The van der Waals surface area contributed by atoms with Crippen LogP contribution in [0.2, 0.25) is 0 Å². The highest BCUT2D eigenvalue weighted by atomic mass is 16.5. The summed E-state index contributed by atoms with van der Waals surface area (Å²) in [4.78, 5) is 23.3. The highest BCUT2D eigenvalue weighted by molar-refractivity contribution is 6.03. The van der Waals surface area contributed by atoms with E-state index in [0.717, 1.165) is 11.1 Å². The second-order valence-electron chi connectivity index (χ2n) is 5.33. The first kappa shape index (κ1) is 17.3. The fourth-order valence-corrected chi connectivity index (χ4v) is 2.11. The zero-order chi connectivity index (χ0) is 17.5. The molecule has 0 spiro atoms. The topological polar surface area (TPSA) is 67.4 Å². The standard InChI is InChI=1S/C19H20N2O3/c1-13-4-6-15(7-5-13)8-11-19(23)21-17-12-16(20-14(2)22)9-10-18(17)24-3/h4-12H,1-3H3,(H,20,22)(H,21,23). The van der Waals surface area contributed by atoms with Gasteiger partial charge >= 0.3 is 0 Å². The Kier molecular flexibility index (Phi) is 5.73. The van der Waals surface area contributed by atoms with E-state index in [1.54, 1.807) is 24.3 Å². The molecule has 124 valence electrons. The largest absolute Gasteiger partial charge is 0.495 e. The van der Waals surface area contributed by atoms with Crippen molar-refractivity contribution in [1.29, 1.82) is 0 Å². The Bertz CT molecular complexity index is 765. The average Bonchev–Trinajstić information content (AvgIpc) is 2.54. The number of rotatable bonds is 5. The molecular formula is C19H20N2O3. The molecule has 0 heterocycles. The summed E-state index contributed by atoms with van der Waals surface area (Å²) in [6.07, 6.45) is 3.19. The lowest BCUT2D eigenvalue weighted by molar-refractivity contribution is -0.114. The van der Waals surface area contributed by atoms with Gasteiger partial charge in [-0.1, -0.05) is 29.8 Å². The molecule has 0 aliphatic heterocycles. The van der Waals surface area contributed by atoms with Crippen molar-refractivity contribution in [1.82, 2.24) is 0 Å². The van der Waals surface area contributed by atoms with Gasteiger partial charge in [-0.2, -0.15) is 0 Å². The van der Waals surface area contributed by atoms with Gasteiger partial charge in [0.1, 0.15) is 5.75 Å². The van der Waals surface area contributed by atoms with Crippen LogP contribution in [-0.4, -0.2) is 18.9 Å². The predicted octanol–water partition coefficient (Wildman–Crippen LogP) is 3.61. The lowest BCUT2D eigenvalue weighted by Crippen LogP contribution is -2.10. The van der Waals surface area contributed by atoms with E-state index >= 15 is 0 Å². The zero-order valence-corrected chi connectivity index (χ0v) is 13.9. The Labute approximate surface area is 141 Å².